The van der Waals surface area contributed by atoms with Crippen molar-refractivity contribution < 1.29 is 19.4 Å². The molecule has 1 N–H and O–H groups in total. The average molecular weight is 453 g/mol. The van der Waals surface area contributed by atoms with E-state index in [0.29, 0.717) is 12.5 Å². The topological polar surface area (TPSA) is 70.1 Å². The zero-order chi connectivity index (χ0) is 24.3. The van der Waals surface area contributed by atoms with E-state index >= 15 is 0 Å². The van der Waals surface area contributed by atoms with E-state index in [-0.39, 0.29) is 18.4 Å². The summed E-state index contributed by atoms with van der Waals surface area (Å²) in [6.07, 6.45) is -1.56. The molecule has 1 atom stereocenters. The number of carboxylic acid groups (broad SMARTS) is 1. The second-order valence-corrected chi connectivity index (χ2v) is 10.2. The van der Waals surface area contributed by atoms with Gasteiger partial charge in [0, 0.05) is 26.1 Å². The van der Waals surface area contributed by atoms with E-state index in [2.05, 4.69) is 26.0 Å². The number of hydrogen-bond donors (Lipinski definition) is 1. The van der Waals surface area contributed by atoms with Gasteiger partial charge in [0.05, 0.1) is 5.60 Å². The molecule has 0 saturated heterocycles. The van der Waals surface area contributed by atoms with Crippen LogP contribution in [0.1, 0.15) is 58.1 Å². The van der Waals surface area contributed by atoms with Crippen LogP contribution in [0.4, 0.5) is 4.79 Å². The summed E-state index contributed by atoms with van der Waals surface area (Å²) < 4.78 is 6.09. The molecule has 6 nitrogen and oxygen atoms in total. The summed E-state index contributed by atoms with van der Waals surface area (Å²) >= 11 is 0. The van der Waals surface area contributed by atoms with Crippen LogP contribution in [0.5, 0.6) is 0 Å². The summed E-state index contributed by atoms with van der Waals surface area (Å²) in [5.41, 5.74) is 3.66. The number of likely N-dealkylation sites (N-methyl/N-ethyl adjacent to an activating group) is 1. The van der Waals surface area contributed by atoms with Crippen molar-refractivity contribution in [3.63, 3.8) is 0 Å². The van der Waals surface area contributed by atoms with Crippen LogP contribution in [0.3, 0.4) is 0 Å². The molecule has 33 heavy (non-hydrogen) atoms. The molecule has 0 heterocycles. The van der Waals surface area contributed by atoms with Gasteiger partial charge in [-0.1, -0.05) is 62.4 Å². The zero-order valence-corrected chi connectivity index (χ0v) is 20.5. The molecule has 3 rings (SSSR count). The van der Waals surface area contributed by atoms with Gasteiger partial charge in [0.25, 0.3) is 5.91 Å². The third-order valence-electron chi connectivity index (χ3n) is 5.97. The first kappa shape index (κ1) is 24.8. The van der Waals surface area contributed by atoms with E-state index in [1.165, 1.54) is 4.90 Å². The standard InChI is InChI=1S/C27H36N2O4/c1-18(2)15-16-28(6)24(30)25(33-27(3,4)5)29(26(31)32)17-23-21-13-9-7-11-19(21)20-12-8-10-14-22(20)23/h7-14,18,23,25H,15-17H2,1-6H3,(H,31,32)/t25-/m0/s1. The summed E-state index contributed by atoms with van der Waals surface area (Å²) in [4.78, 5) is 28.7. The molecular weight excluding hydrogens is 416 g/mol. The van der Waals surface area contributed by atoms with Crippen LogP contribution in [-0.2, 0) is 9.53 Å². The quantitative estimate of drug-likeness (QED) is 0.543. The van der Waals surface area contributed by atoms with Gasteiger partial charge in [-0.05, 0) is 55.4 Å². The molecule has 0 saturated carbocycles. The maximum atomic E-state index is 13.4. The molecule has 0 aliphatic heterocycles. The summed E-state index contributed by atoms with van der Waals surface area (Å²) in [6, 6.07) is 16.1. The molecule has 0 fully saturated rings. The summed E-state index contributed by atoms with van der Waals surface area (Å²) in [5, 5.41) is 10.2. The van der Waals surface area contributed by atoms with Crippen LogP contribution in [0.25, 0.3) is 11.1 Å². The largest absolute Gasteiger partial charge is 0.465 e. The predicted molar refractivity (Wildman–Crippen MR) is 130 cm³/mol. The highest BCUT2D eigenvalue weighted by molar-refractivity contribution is 5.84. The van der Waals surface area contributed by atoms with Crippen molar-refractivity contribution in [2.24, 2.45) is 5.92 Å². The molecule has 0 bridgehead atoms. The third kappa shape index (κ3) is 5.74. The number of hydrogen-bond acceptors (Lipinski definition) is 3. The molecule has 1 aliphatic carbocycles. The average Bonchev–Trinajstić information content (AvgIpc) is 3.06. The lowest BCUT2D eigenvalue weighted by Crippen LogP contribution is -2.54. The molecule has 178 valence electrons. The van der Waals surface area contributed by atoms with Gasteiger partial charge in [-0.2, -0.15) is 0 Å². The molecule has 0 radical (unpaired) electrons. The Morgan fingerprint density at radius 1 is 1.00 bits per heavy atom. The van der Waals surface area contributed by atoms with Gasteiger partial charge in [-0.15, -0.1) is 0 Å². The SMILES string of the molecule is CC(C)CCN(C)C(=O)[C@H](OC(C)(C)C)N(CC1c2ccccc2-c2ccccc21)C(=O)O. The highest BCUT2D eigenvalue weighted by atomic mass is 16.5. The van der Waals surface area contributed by atoms with E-state index in [1.807, 2.05) is 57.2 Å². The Balaban J connectivity index is 1.96. The molecule has 1 aliphatic rings. The molecule has 0 aromatic heterocycles. The van der Waals surface area contributed by atoms with E-state index in [0.717, 1.165) is 28.7 Å². The second kappa shape index (κ2) is 9.96. The number of rotatable bonds is 8. The molecule has 2 aromatic rings. The Hall–Kier alpha value is -2.86. The summed E-state index contributed by atoms with van der Waals surface area (Å²) in [5.74, 6) is -0.0785. The number of carbonyl (C=O) groups is 2. The second-order valence-electron chi connectivity index (χ2n) is 10.2. The van der Waals surface area contributed by atoms with Crippen LogP contribution in [-0.4, -0.2) is 58.9 Å². The number of carbonyl (C=O) groups excluding carboxylic acids is 1. The summed E-state index contributed by atoms with van der Waals surface area (Å²) in [7, 11) is 1.71. The van der Waals surface area contributed by atoms with Gasteiger partial charge in [0.1, 0.15) is 0 Å². The van der Waals surface area contributed by atoms with E-state index in [4.69, 9.17) is 4.74 Å². The zero-order valence-electron chi connectivity index (χ0n) is 20.5. The van der Waals surface area contributed by atoms with E-state index < -0.39 is 17.9 Å². The van der Waals surface area contributed by atoms with Crippen molar-refractivity contribution in [3.05, 3.63) is 59.7 Å². The number of ether oxygens (including phenoxy) is 1. The van der Waals surface area contributed by atoms with Crippen molar-refractivity contribution in [3.8, 4) is 11.1 Å². The van der Waals surface area contributed by atoms with Gasteiger partial charge in [0.2, 0.25) is 6.23 Å². The number of benzene rings is 2. The van der Waals surface area contributed by atoms with E-state index in [9.17, 15) is 14.7 Å². The van der Waals surface area contributed by atoms with Crippen molar-refractivity contribution in [2.45, 2.75) is 58.8 Å². The van der Waals surface area contributed by atoms with Crippen molar-refractivity contribution >= 4 is 12.0 Å². The maximum Gasteiger partial charge on any atom is 0.409 e. The summed E-state index contributed by atoms with van der Waals surface area (Å²) in [6.45, 7) is 10.4. The first-order valence-electron chi connectivity index (χ1n) is 11.6. The van der Waals surface area contributed by atoms with Gasteiger partial charge < -0.3 is 14.7 Å². The molecule has 6 heteroatoms. The van der Waals surface area contributed by atoms with E-state index in [1.54, 1.807) is 11.9 Å². The first-order chi connectivity index (χ1) is 15.5. The minimum absolute atomic E-state index is 0.133. The van der Waals surface area contributed by atoms with Crippen LogP contribution in [0, 0.1) is 5.92 Å². The number of amides is 2. The Labute approximate surface area is 197 Å². The van der Waals surface area contributed by atoms with Gasteiger partial charge in [-0.25, -0.2) is 4.79 Å². The minimum atomic E-state index is -1.22. The minimum Gasteiger partial charge on any atom is -0.465 e. The normalized spacial score (nSPS) is 14.0. The van der Waals surface area contributed by atoms with Crippen LogP contribution >= 0.6 is 0 Å². The Kier molecular flexibility index (Phi) is 7.48. The van der Waals surface area contributed by atoms with Gasteiger partial charge in [-0.3, -0.25) is 9.69 Å². The van der Waals surface area contributed by atoms with Crippen molar-refractivity contribution in [2.75, 3.05) is 20.1 Å². The lowest BCUT2D eigenvalue weighted by molar-refractivity contribution is -0.170. The smallest absolute Gasteiger partial charge is 0.409 e. The Morgan fingerprint density at radius 2 is 1.52 bits per heavy atom. The molecule has 0 unspecified atom stereocenters. The van der Waals surface area contributed by atoms with Crippen LogP contribution in [0.2, 0.25) is 0 Å². The lowest BCUT2D eigenvalue weighted by atomic mass is 9.96. The third-order valence-corrected chi connectivity index (χ3v) is 5.97. The van der Waals surface area contributed by atoms with Gasteiger partial charge in [0.15, 0.2) is 0 Å². The fourth-order valence-corrected chi connectivity index (χ4v) is 4.26. The lowest BCUT2D eigenvalue weighted by Gasteiger charge is -2.37. The van der Waals surface area contributed by atoms with Crippen LogP contribution in [0.15, 0.2) is 48.5 Å². The first-order valence-corrected chi connectivity index (χ1v) is 11.6. The van der Waals surface area contributed by atoms with Crippen molar-refractivity contribution in [1.29, 1.82) is 0 Å². The Bertz CT molecular complexity index is 950. The number of nitrogens with zero attached hydrogens (tertiary/aromatic N) is 2. The fraction of sp³-hybridized carbons (Fsp3) is 0.481. The number of fused-ring (bicyclic) bond motifs is 3. The fourth-order valence-electron chi connectivity index (χ4n) is 4.26. The molecule has 2 amide bonds. The Morgan fingerprint density at radius 3 is 1.97 bits per heavy atom. The predicted octanol–water partition coefficient (Wildman–Crippen LogP) is 5.42. The monoisotopic (exact) mass is 452 g/mol. The molecule has 0 spiro atoms. The highest BCUT2D eigenvalue weighted by Crippen LogP contribution is 2.45. The van der Waals surface area contributed by atoms with Gasteiger partial charge >= 0.3 is 6.09 Å². The molecule has 2 aromatic carbocycles. The molecular formula is C27H36N2O4. The van der Waals surface area contributed by atoms with Crippen molar-refractivity contribution in [1.82, 2.24) is 9.80 Å². The maximum absolute atomic E-state index is 13.4. The van der Waals surface area contributed by atoms with Crippen LogP contribution < -0.4 is 0 Å². The highest BCUT2D eigenvalue weighted by Gasteiger charge is 2.39.